The average Bonchev–Trinajstić information content (AvgIpc) is 3.06. The van der Waals surface area contributed by atoms with Gasteiger partial charge in [0.1, 0.15) is 48.8 Å². The molecule has 0 spiro atoms. The van der Waals surface area contributed by atoms with E-state index in [1.165, 1.54) is 48.4 Å². The highest BCUT2D eigenvalue weighted by molar-refractivity contribution is 5.78. The number of nitriles is 1. The highest BCUT2D eigenvalue weighted by atomic mass is 15.3. The van der Waals surface area contributed by atoms with Crippen molar-refractivity contribution in [2.45, 2.75) is 25.7 Å². The fourth-order valence-electron chi connectivity index (χ4n) is 4.73. The maximum absolute atomic E-state index is 9.95. The normalized spacial score (nSPS) is 18.2. The predicted molar refractivity (Wildman–Crippen MR) is 102 cm³/mol. The van der Waals surface area contributed by atoms with E-state index in [0.717, 1.165) is 42.7 Å². The summed E-state index contributed by atoms with van der Waals surface area (Å²) in [6.45, 7) is 4.48. The van der Waals surface area contributed by atoms with Gasteiger partial charge < -0.3 is 4.90 Å². The minimum Gasteiger partial charge on any atom is -0.332 e. The number of aromatic nitrogens is 2. The molecule has 132 valence electrons. The number of piperazine rings is 1. The number of para-hydroxylation sites is 2. The Kier molecular flexibility index (Phi) is 3.61. The third-order valence-electron chi connectivity index (χ3n) is 6.14. The van der Waals surface area contributed by atoms with Crippen LogP contribution in [0, 0.1) is 11.3 Å². The van der Waals surface area contributed by atoms with Crippen LogP contribution in [0.5, 0.6) is 0 Å². The van der Waals surface area contributed by atoms with Gasteiger partial charge in [-0.25, -0.2) is 0 Å². The lowest BCUT2D eigenvalue weighted by atomic mass is 9.88. The molecule has 1 aliphatic heterocycles. The van der Waals surface area contributed by atoms with Crippen LogP contribution < -0.4 is 14.2 Å². The lowest BCUT2D eigenvalue weighted by molar-refractivity contribution is -0.880. The van der Waals surface area contributed by atoms with Gasteiger partial charge in [-0.1, -0.05) is 12.1 Å². The number of likely N-dealkylation sites (N-methyl/N-ethyl adjacent to an activating group) is 1. The minimum atomic E-state index is 0.847. The maximum atomic E-state index is 9.95. The molecule has 1 fully saturated rings. The Hall–Kier alpha value is -2.58. The van der Waals surface area contributed by atoms with Gasteiger partial charge in [-0.2, -0.15) is 9.66 Å². The monoisotopic (exact) mass is 347 g/mol. The quantitative estimate of drug-likeness (QED) is 0.645. The highest BCUT2D eigenvalue weighted by Gasteiger charge is 2.33. The van der Waals surface area contributed by atoms with E-state index in [0.29, 0.717) is 0 Å². The number of anilines is 1. The number of nitrogens with one attached hydrogen (secondary N) is 2. The fraction of sp³-hybridized carbons (Fsp3) is 0.429. The molecule has 0 atom stereocenters. The van der Waals surface area contributed by atoms with Gasteiger partial charge >= 0.3 is 0 Å². The van der Waals surface area contributed by atoms with Gasteiger partial charge in [-0.3, -0.25) is 9.88 Å². The summed E-state index contributed by atoms with van der Waals surface area (Å²) >= 11 is 0. The molecule has 0 amide bonds. The van der Waals surface area contributed by atoms with Crippen LogP contribution in [0.3, 0.4) is 0 Å². The molecule has 0 saturated carbocycles. The molecular weight excluding hydrogens is 322 g/mol. The molecule has 0 unspecified atom stereocenters. The van der Waals surface area contributed by atoms with Gasteiger partial charge in [0.15, 0.2) is 0 Å². The summed E-state index contributed by atoms with van der Waals surface area (Å²) in [5, 5.41) is 9.95. The number of nitrogens with zero attached hydrogens (tertiary/aromatic N) is 3. The summed E-state index contributed by atoms with van der Waals surface area (Å²) in [5.74, 6) is 1.33. The zero-order valence-electron chi connectivity index (χ0n) is 15.3. The molecule has 0 radical (unpaired) electrons. The number of rotatable bonds is 1. The zero-order valence-corrected chi connectivity index (χ0v) is 15.3. The van der Waals surface area contributed by atoms with Crippen molar-refractivity contribution in [1.29, 1.82) is 5.26 Å². The van der Waals surface area contributed by atoms with E-state index in [-0.39, 0.29) is 0 Å². The Morgan fingerprint density at radius 3 is 2.62 bits per heavy atom. The number of benzene rings is 1. The lowest BCUT2D eigenvalue weighted by Crippen LogP contribution is -3.12. The van der Waals surface area contributed by atoms with E-state index < -0.39 is 0 Å². The lowest BCUT2D eigenvalue weighted by Gasteiger charge is -2.31. The summed E-state index contributed by atoms with van der Waals surface area (Å²) in [6.07, 6.45) is 4.51. The SMILES string of the molecule is C[NH+]1CCN(c2c3c(c(C#N)c4[nH]c5ccccc5[n+]24)CCCC3)CC1. The Morgan fingerprint density at radius 1 is 1.12 bits per heavy atom. The van der Waals surface area contributed by atoms with Crippen molar-refractivity contribution in [2.75, 3.05) is 38.1 Å². The van der Waals surface area contributed by atoms with E-state index >= 15 is 0 Å². The number of hydrogen-bond acceptors (Lipinski definition) is 2. The maximum Gasteiger partial charge on any atom is 0.250 e. The number of hydrogen-bond donors (Lipinski definition) is 2. The molecule has 5 rings (SSSR count). The first-order chi connectivity index (χ1) is 12.8. The van der Waals surface area contributed by atoms with Crippen LogP contribution >= 0.6 is 0 Å². The van der Waals surface area contributed by atoms with E-state index in [1.54, 1.807) is 4.90 Å². The highest BCUT2D eigenvalue weighted by Crippen LogP contribution is 2.33. The number of H-pyrrole nitrogens is 1. The van der Waals surface area contributed by atoms with Crippen molar-refractivity contribution in [3.8, 4) is 6.07 Å². The van der Waals surface area contributed by atoms with E-state index in [2.05, 4.69) is 51.7 Å². The van der Waals surface area contributed by atoms with Gasteiger partial charge in [-0.15, -0.1) is 0 Å². The van der Waals surface area contributed by atoms with Gasteiger partial charge in [0.25, 0.3) is 0 Å². The molecule has 2 aromatic heterocycles. The van der Waals surface area contributed by atoms with E-state index in [4.69, 9.17) is 0 Å². The van der Waals surface area contributed by atoms with Crippen molar-refractivity contribution in [3.63, 3.8) is 0 Å². The smallest absolute Gasteiger partial charge is 0.250 e. The molecule has 5 nitrogen and oxygen atoms in total. The second-order valence-corrected chi connectivity index (χ2v) is 7.74. The molecule has 2 N–H and O–H groups in total. The molecule has 1 aliphatic carbocycles. The summed E-state index contributed by atoms with van der Waals surface area (Å²) in [5.41, 5.74) is 6.79. The first-order valence-corrected chi connectivity index (χ1v) is 9.74. The number of fused-ring (bicyclic) bond motifs is 4. The van der Waals surface area contributed by atoms with Gasteiger partial charge in [0.2, 0.25) is 11.5 Å². The third-order valence-corrected chi connectivity index (χ3v) is 6.14. The zero-order chi connectivity index (χ0) is 17.7. The minimum absolute atomic E-state index is 0.847. The number of pyridine rings is 1. The largest absolute Gasteiger partial charge is 0.332 e. The number of quaternary nitrogens is 1. The first kappa shape index (κ1) is 15.7. The predicted octanol–water partition coefficient (Wildman–Crippen LogP) is 0.992. The summed E-state index contributed by atoms with van der Waals surface area (Å²) in [7, 11) is 2.28. The van der Waals surface area contributed by atoms with Gasteiger partial charge in [0, 0.05) is 5.56 Å². The van der Waals surface area contributed by atoms with Crippen LogP contribution in [0.1, 0.15) is 29.5 Å². The summed E-state index contributed by atoms with van der Waals surface area (Å²) < 4.78 is 2.33. The Labute approximate surface area is 153 Å². The second-order valence-electron chi connectivity index (χ2n) is 7.74. The van der Waals surface area contributed by atoms with Crippen molar-refractivity contribution >= 4 is 22.5 Å². The van der Waals surface area contributed by atoms with Gasteiger partial charge in [-0.05, 0) is 43.4 Å². The van der Waals surface area contributed by atoms with Crippen LogP contribution in [0.25, 0.3) is 16.7 Å². The van der Waals surface area contributed by atoms with Crippen molar-refractivity contribution < 1.29 is 9.30 Å². The standard InChI is InChI=1S/C21H23N5/c1-24-10-12-25(13-11-24)21-16-7-3-2-6-15(16)17(14-22)20-23-18-8-4-5-9-19(18)26(20)21/h4-5,8-9H,2-3,6-7,10-13H2,1H3/p+2. The Balaban J connectivity index is 1.88. The fourth-order valence-corrected chi connectivity index (χ4v) is 4.73. The van der Waals surface area contributed by atoms with E-state index in [9.17, 15) is 5.26 Å². The van der Waals surface area contributed by atoms with Gasteiger partial charge in [0.05, 0.1) is 7.05 Å². The third kappa shape index (κ3) is 2.22. The Bertz CT molecular complexity index is 1030. The summed E-state index contributed by atoms with van der Waals surface area (Å²) in [4.78, 5) is 7.71. The first-order valence-electron chi connectivity index (χ1n) is 9.74. The van der Waals surface area contributed by atoms with Crippen LogP contribution in [-0.2, 0) is 12.8 Å². The number of imidazole rings is 1. The van der Waals surface area contributed by atoms with E-state index in [1.807, 2.05) is 0 Å². The number of aromatic amines is 1. The van der Waals surface area contributed by atoms with Crippen molar-refractivity contribution in [1.82, 2.24) is 4.98 Å². The average molecular weight is 347 g/mol. The van der Waals surface area contributed by atoms with Crippen molar-refractivity contribution in [2.24, 2.45) is 0 Å². The van der Waals surface area contributed by atoms with Crippen LogP contribution in [0.2, 0.25) is 0 Å². The molecule has 26 heavy (non-hydrogen) atoms. The molecule has 3 aromatic rings. The summed E-state index contributed by atoms with van der Waals surface area (Å²) in [6, 6.07) is 10.9. The van der Waals surface area contributed by atoms with Crippen molar-refractivity contribution in [3.05, 3.63) is 41.0 Å². The molecule has 0 bridgehead atoms. The molecule has 3 heterocycles. The van der Waals surface area contributed by atoms with Crippen LogP contribution in [-0.4, -0.2) is 38.2 Å². The topological polar surface area (TPSA) is 51.4 Å². The molecular formula is C21H25N5+2. The second kappa shape index (κ2) is 6.00. The van der Waals surface area contributed by atoms with Crippen LogP contribution in [0.15, 0.2) is 24.3 Å². The molecule has 1 saturated heterocycles. The molecule has 1 aromatic carbocycles. The molecule has 5 heteroatoms. The van der Waals surface area contributed by atoms with Crippen LogP contribution in [0.4, 0.5) is 5.82 Å². The molecule has 2 aliphatic rings. The Morgan fingerprint density at radius 2 is 1.85 bits per heavy atom.